The summed E-state index contributed by atoms with van der Waals surface area (Å²) in [5.74, 6) is 0.802. The normalized spacial score (nSPS) is 20.5. The van der Waals surface area contributed by atoms with Gasteiger partial charge < -0.3 is 9.72 Å². The molecule has 0 bridgehead atoms. The van der Waals surface area contributed by atoms with Crippen LogP contribution in [0.4, 0.5) is 0 Å². The molecule has 0 amide bonds. The molecule has 4 rings (SSSR count). The van der Waals surface area contributed by atoms with Crippen LogP contribution in [0, 0.1) is 11.3 Å². The Morgan fingerprint density at radius 1 is 1.36 bits per heavy atom. The van der Waals surface area contributed by atoms with Gasteiger partial charge in [-0.25, -0.2) is 0 Å². The maximum atomic E-state index is 9.96. The largest absolute Gasteiger partial charge is 0.495 e. The number of ether oxygens (including phenoxy) is 1. The molecule has 3 aromatic rings. The number of benzene rings is 1. The van der Waals surface area contributed by atoms with E-state index in [9.17, 15) is 5.26 Å². The third-order valence-corrected chi connectivity index (χ3v) is 4.72. The minimum atomic E-state index is -0.510. The smallest absolute Gasteiger partial charge is 0.142 e. The molecule has 22 heavy (non-hydrogen) atoms. The number of nitrogens with one attached hydrogen (secondary N) is 2. The van der Waals surface area contributed by atoms with Crippen LogP contribution >= 0.6 is 0 Å². The molecule has 1 atom stereocenters. The highest BCUT2D eigenvalue weighted by molar-refractivity contribution is 5.89. The summed E-state index contributed by atoms with van der Waals surface area (Å²) in [6, 6.07) is 8.59. The van der Waals surface area contributed by atoms with Crippen LogP contribution in [0.1, 0.15) is 23.2 Å². The molecular formula is C17H16N4O. The van der Waals surface area contributed by atoms with Gasteiger partial charge in [0, 0.05) is 17.8 Å². The number of aryl methyl sites for hydroxylation is 1. The Kier molecular flexibility index (Phi) is 2.73. The van der Waals surface area contributed by atoms with Crippen molar-refractivity contribution < 1.29 is 4.74 Å². The molecular weight excluding hydrogens is 276 g/mol. The summed E-state index contributed by atoms with van der Waals surface area (Å²) in [4.78, 5) is 3.22. The molecule has 0 aliphatic heterocycles. The van der Waals surface area contributed by atoms with Gasteiger partial charge in [0.25, 0.3) is 0 Å². The van der Waals surface area contributed by atoms with Crippen molar-refractivity contribution in [2.45, 2.75) is 24.7 Å². The van der Waals surface area contributed by atoms with Crippen molar-refractivity contribution in [2.24, 2.45) is 0 Å². The lowest BCUT2D eigenvalue weighted by molar-refractivity contribution is 0.418. The second kappa shape index (κ2) is 4.63. The minimum absolute atomic E-state index is 0.510. The van der Waals surface area contributed by atoms with Gasteiger partial charge in [-0.3, -0.25) is 5.10 Å². The van der Waals surface area contributed by atoms with Crippen LogP contribution in [-0.2, 0) is 18.3 Å². The van der Waals surface area contributed by atoms with Crippen molar-refractivity contribution in [3.8, 4) is 11.8 Å². The van der Waals surface area contributed by atoms with E-state index in [0.717, 1.165) is 46.3 Å². The Balaban J connectivity index is 1.91. The topological polar surface area (TPSA) is 77.5 Å². The molecule has 0 radical (unpaired) electrons. The Hall–Kier alpha value is -2.74. The SMILES string of the molecule is COc1ccc(C2(C#N)CCc3n[nH]cc3C2)c2cc[nH]c12. The Morgan fingerprint density at radius 2 is 2.27 bits per heavy atom. The molecule has 2 heterocycles. The lowest BCUT2D eigenvalue weighted by Gasteiger charge is -2.31. The van der Waals surface area contributed by atoms with Crippen LogP contribution in [0.15, 0.2) is 30.6 Å². The summed E-state index contributed by atoms with van der Waals surface area (Å²) < 4.78 is 5.41. The Morgan fingerprint density at radius 3 is 3.09 bits per heavy atom. The summed E-state index contributed by atoms with van der Waals surface area (Å²) in [6.45, 7) is 0. The highest BCUT2D eigenvalue weighted by atomic mass is 16.5. The Labute approximate surface area is 127 Å². The monoisotopic (exact) mass is 292 g/mol. The number of hydrogen-bond donors (Lipinski definition) is 2. The van der Waals surface area contributed by atoms with Crippen molar-refractivity contribution in [1.82, 2.24) is 15.2 Å². The number of H-pyrrole nitrogens is 2. The van der Waals surface area contributed by atoms with Gasteiger partial charge in [0.1, 0.15) is 5.75 Å². The van der Waals surface area contributed by atoms with E-state index in [0.29, 0.717) is 6.42 Å². The van der Waals surface area contributed by atoms with Crippen molar-refractivity contribution in [3.63, 3.8) is 0 Å². The number of rotatable bonds is 2. The van der Waals surface area contributed by atoms with E-state index in [2.05, 4.69) is 21.3 Å². The van der Waals surface area contributed by atoms with Crippen LogP contribution in [-0.4, -0.2) is 22.3 Å². The van der Waals surface area contributed by atoms with E-state index in [1.807, 2.05) is 30.6 Å². The highest BCUT2D eigenvalue weighted by Crippen LogP contribution is 2.42. The first-order valence-electron chi connectivity index (χ1n) is 7.35. The van der Waals surface area contributed by atoms with Crippen LogP contribution in [0.25, 0.3) is 10.9 Å². The van der Waals surface area contributed by atoms with E-state index in [1.54, 1.807) is 7.11 Å². The van der Waals surface area contributed by atoms with Crippen molar-refractivity contribution in [2.75, 3.05) is 7.11 Å². The second-order valence-electron chi connectivity index (χ2n) is 5.81. The van der Waals surface area contributed by atoms with Gasteiger partial charge in [-0.05, 0) is 42.5 Å². The number of nitrogens with zero attached hydrogens (tertiary/aromatic N) is 2. The molecule has 0 saturated carbocycles. The van der Waals surface area contributed by atoms with Crippen LogP contribution < -0.4 is 4.74 Å². The molecule has 110 valence electrons. The Bertz CT molecular complexity index is 886. The van der Waals surface area contributed by atoms with Gasteiger partial charge in [0.2, 0.25) is 0 Å². The maximum Gasteiger partial charge on any atom is 0.142 e. The predicted octanol–water partition coefficient (Wildman–Crippen LogP) is 2.85. The number of methoxy groups -OCH3 is 1. The predicted molar refractivity (Wildman–Crippen MR) is 82.8 cm³/mol. The van der Waals surface area contributed by atoms with E-state index in [-0.39, 0.29) is 0 Å². The number of aromatic amines is 2. The van der Waals surface area contributed by atoms with Gasteiger partial charge in [-0.15, -0.1) is 0 Å². The zero-order valence-electron chi connectivity index (χ0n) is 12.3. The molecule has 2 aromatic heterocycles. The third kappa shape index (κ3) is 1.67. The molecule has 0 saturated heterocycles. The maximum absolute atomic E-state index is 9.96. The first kappa shape index (κ1) is 13.0. The molecule has 1 aliphatic carbocycles. The molecule has 1 aromatic carbocycles. The van der Waals surface area contributed by atoms with Gasteiger partial charge in [0.05, 0.1) is 29.8 Å². The third-order valence-electron chi connectivity index (χ3n) is 4.72. The lowest BCUT2D eigenvalue weighted by Crippen LogP contribution is -2.31. The number of fused-ring (bicyclic) bond motifs is 2. The van der Waals surface area contributed by atoms with E-state index in [1.165, 1.54) is 0 Å². The van der Waals surface area contributed by atoms with Crippen LogP contribution in [0.2, 0.25) is 0 Å². The van der Waals surface area contributed by atoms with E-state index in [4.69, 9.17) is 4.74 Å². The summed E-state index contributed by atoms with van der Waals surface area (Å²) in [6.07, 6.45) is 6.12. The number of nitriles is 1. The number of hydrogen-bond acceptors (Lipinski definition) is 3. The average molecular weight is 292 g/mol. The fraction of sp³-hybridized carbons (Fsp3) is 0.294. The second-order valence-corrected chi connectivity index (χ2v) is 5.81. The standard InChI is InChI=1S/C17H16N4O/c1-22-15-3-2-13(12-5-7-19-16(12)15)17(10-18)6-4-14-11(8-17)9-20-21-14/h2-3,5,7,9,19H,4,6,8H2,1H3,(H,20,21). The summed E-state index contributed by atoms with van der Waals surface area (Å²) in [7, 11) is 1.66. The summed E-state index contributed by atoms with van der Waals surface area (Å²) in [5.41, 5.74) is 3.74. The van der Waals surface area contributed by atoms with Crippen molar-refractivity contribution in [3.05, 3.63) is 47.4 Å². The summed E-state index contributed by atoms with van der Waals surface area (Å²) >= 11 is 0. The lowest BCUT2D eigenvalue weighted by atomic mass is 9.69. The molecule has 2 N–H and O–H groups in total. The van der Waals surface area contributed by atoms with Gasteiger partial charge >= 0.3 is 0 Å². The molecule has 5 nitrogen and oxygen atoms in total. The minimum Gasteiger partial charge on any atom is -0.495 e. The first-order chi connectivity index (χ1) is 10.8. The average Bonchev–Trinajstić information content (AvgIpc) is 3.21. The van der Waals surface area contributed by atoms with Gasteiger partial charge in [-0.1, -0.05) is 6.07 Å². The van der Waals surface area contributed by atoms with Gasteiger partial charge in [0.15, 0.2) is 0 Å². The van der Waals surface area contributed by atoms with E-state index < -0.39 is 5.41 Å². The van der Waals surface area contributed by atoms with Crippen LogP contribution in [0.5, 0.6) is 5.75 Å². The fourth-order valence-electron chi connectivity index (χ4n) is 3.56. The molecule has 5 heteroatoms. The summed E-state index contributed by atoms with van der Waals surface area (Å²) in [5, 5.41) is 18.2. The quantitative estimate of drug-likeness (QED) is 0.762. The van der Waals surface area contributed by atoms with Gasteiger partial charge in [-0.2, -0.15) is 10.4 Å². The highest BCUT2D eigenvalue weighted by Gasteiger charge is 2.38. The first-order valence-corrected chi connectivity index (χ1v) is 7.35. The van der Waals surface area contributed by atoms with E-state index >= 15 is 0 Å². The van der Waals surface area contributed by atoms with Crippen molar-refractivity contribution in [1.29, 1.82) is 5.26 Å². The molecule has 0 spiro atoms. The molecule has 1 unspecified atom stereocenters. The fourth-order valence-corrected chi connectivity index (χ4v) is 3.56. The zero-order valence-corrected chi connectivity index (χ0v) is 12.3. The number of aromatic nitrogens is 3. The van der Waals surface area contributed by atoms with Crippen molar-refractivity contribution >= 4 is 10.9 Å². The molecule has 1 aliphatic rings. The molecule has 0 fully saturated rings. The zero-order chi connectivity index (χ0) is 15.2. The van der Waals surface area contributed by atoms with Crippen LogP contribution in [0.3, 0.4) is 0 Å².